The molecule has 1 unspecified atom stereocenters. The number of carboxylic acids is 1. The predicted octanol–water partition coefficient (Wildman–Crippen LogP) is 1.62. The fraction of sp³-hybridized carbons (Fsp3) is 0.214. The average molecular weight is 271 g/mol. The van der Waals surface area contributed by atoms with Crippen molar-refractivity contribution in [3.63, 3.8) is 0 Å². The van der Waals surface area contributed by atoms with Gasteiger partial charge < -0.3 is 15.2 Å². The van der Waals surface area contributed by atoms with Crippen LogP contribution in [0.4, 0.5) is 5.82 Å². The van der Waals surface area contributed by atoms with Crippen LogP contribution in [0.1, 0.15) is 5.56 Å². The molecular weight excluding hydrogens is 258 g/mol. The lowest BCUT2D eigenvalue weighted by Gasteiger charge is -2.12. The summed E-state index contributed by atoms with van der Waals surface area (Å²) >= 11 is 0. The Hall–Kier alpha value is -2.65. The maximum Gasteiger partial charge on any atom is 0.334 e. The van der Waals surface area contributed by atoms with Crippen molar-refractivity contribution in [1.29, 1.82) is 5.26 Å². The highest BCUT2D eigenvalue weighted by atomic mass is 16.5. The van der Waals surface area contributed by atoms with E-state index in [0.717, 1.165) is 5.39 Å². The lowest BCUT2D eigenvalue weighted by molar-refractivity contribution is -0.147. The molecule has 0 bridgehead atoms. The van der Waals surface area contributed by atoms with E-state index in [-0.39, 0.29) is 6.54 Å². The summed E-state index contributed by atoms with van der Waals surface area (Å²) in [7, 11) is 1.33. The Bertz CT molecular complexity index is 679. The van der Waals surface area contributed by atoms with E-state index in [2.05, 4.69) is 16.4 Å². The molecule has 0 aliphatic carbocycles. The van der Waals surface area contributed by atoms with Gasteiger partial charge in [-0.15, -0.1) is 0 Å². The van der Waals surface area contributed by atoms with Gasteiger partial charge in [0.1, 0.15) is 5.82 Å². The summed E-state index contributed by atoms with van der Waals surface area (Å²) in [6.07, 6.45) is -0.964. The zero-order valence-corrected chi connectivity index (χ0v) is 10.8. The number of carboxylic acid groups (broad SMARTS) is 1. The standard InChI is InChI=1S/C14H13N3O3/c1-20-12(14(18)19)8-16-13-6-9(7-15)10-4-2-3-5-11(10)17-13/h2-6,12H,8H2,1H3,(H,16,17)(H,18,19). The number of nitrogens with zero attached hydrogens (tertiary/aromatic N) is 2. The Morgan fingerprint density at radius 1 is 1.55 bits per heavy atom. The monoisotopic (exact) mass is 271 g/mol. The molecule has 102 valence electrons. The zero-order valence-electron chi connectivity index (χ0n) is 10.8. The summed E-state index contributed by atoms with van der Waals surface area (Å²) in [4.78, 5) is 15.2. The smallest absolute Gasteiger partial charge is 0.334 e. The van der Waals surface area contributed by atoms with E-state index < -0.39 is 12.1 Å². The number of hydrogen-bond donors (Lipinski definition) is 2. The Kier molecular flexibility index (Phi) is 4.13. The van der Waals surface area contributed by atoms with Gasteiger partial charge in [-0.05, 0) is 12.1 Å². The fourth-order valence-corrected chi connectivity index (χ4v) is 1.83. The largest absolute Gasteiger partial charge is 0.479 e. The molecule has 6 heteroatoms. The third-order valence-electron chi connectivity index (χ3n) is 2.87. The van der Waals surface area contributed by atoms with Gasteiger partial charge in [0.05, 0.1) is 23.7 Å². The molecule has 1 heterocycles. The average Bonchev–Trinajstić information content (AvgIpc) is 2.46. The van der Waals surface area contributed by atoms with Crippen LogP contribution < -0.4 is 5.32 Å². The first kappa shape index (κ1) is 13.8. The first-order chi connectivity index (χ1) is 9.65. The van der Waals surface area contributed by atoms with E-state index in [4.69, 9.17) is 15.1 Å². The van der Waals surface area contributed by atoms with E-state index >= 15 is 0 Å². The number of benzene rings is 1. The maximum atomic E-state index is 10.8. The van der Waals surface area contributed by atoms with Crippen LogP contribution in [0.5, 0.6) is 0 Å². The van der Waals surface area contributed by atoms with Gasteiger partial charge in [0.2, 0.25) is 0 Å². The van der Waals surface area contributed by atoms with Gasteiger partial charge in [-0.2, -0.15) is 5.26 Å². The Balaban J connectivity index is 2.27. The third kappa shape index (κ3) is 2.84. The van der Waals surface area contributed by atoms with Gasteiger partial charge in [0.25, 0.3) is 0 Å². The van der Waals surface area contributed by atoms with E-state index in [0.29, 0.717) is 16.9 Å². The summed E-state index contributed by atoms with van der Waals surface area (Å²) in [6.45, 7) is 0.0715. The second-order valence-electron chi connectivity index (χ2n) is 4.13. The van der Waals surface area contributed by atoms with Crippen LogP contribution >= 0.6 is 0 Å². The summed E-state index contributed by atoms with van der Waals surface area (Å²) in [5, 5.41) is 21.7. The van der Waals surface area contributed by atoms with Crippen LogP contribution in [0.3, 0.4) is 0 Å². The summed E-state index contributed by atoms with van der Waals surface area (Å²) in [5.74, 6) is -0.607. The quantitative estimate of drug-likeness (QED) is 0.858. The van der Waals surface area contributed by atoms with Gasteiger partial charge >= 0.3 is 5.97 Å². The minimum atomic E-state index is -1.05. The summed E-state index contributed by atoms with van der Waals surface area (Å²) in [6, 6.07) is 11.0. The van der Waals surface area contributed by atoms with Gasteiger partial charge in [-0.1, -0.05) is 18.2 Å². The van der Waals surface area contributed by atoms with E-state index in [1.807, 2.05) is 18.2 Å². The number of anilines is 1. The van der Waals surface area contributed by atoms with Crippen molar-refractivity contribution in [2.75, 3.05) is 19.0 Å². The molecule has 0 amide bonds. The Morgan fingerprint density at radius 3 is 2.95 bits per heavy atom. The van der Waals surface area contributed by atoms with Crippen molar-refractivity contribution in [2.24, 2.45) is 0 Å². The highest BCUT2D eigenvalue weighted by Crippen LogP contribution is 2.19. The topological polar surface area (TPSA) is 95.2 Å². The summed E-state index contributed by atoms with van der Waals surface area (Å²) < 4.78 is 4.82. The van der Waals surface area contributed by atoms with Crippen LogP contribution in [0.25, 0.3) is 10.9 Å². The van der Waals surface area contributed by atoms with Crippen LogP contribution in [0.2, 0.25) is 0 Å². The fourth-order valence-electron chi connectivity index (χ4n) is 1.83. The molecule has 0 aliphatic rings. The van der Waals surface area contributed by atoms with Gasteiger partial charge in [0.15, 0.2) is 6.10 Å². The highest BCUT2D eigenvalue weighted by molar-refractivity contribution is 5.86. The van der Waals surface area contributed by atoms with Crippen molar-refractivity contribution < 1.29 is 14.6 Å². The second kappa shape index (κ2) is 5.99. The van der Waals surface area contributed by atoms with Crippen LogP contribution in [-0.2, 0) is 9.53 Å². The number of hydrogen-bond acceptors (Lipinski definition) is 5. The maximum absolute atomic E-state index is 10.8. The predicted molar refractivity (Wildman–Crippen MR) is 73.4 cm³/mol. The van der Waals surface area contributed by atoms with Gasteiger partial charge in [-0.25, -0.2) is 9.78 Å². The lowest BCUT2D eigenvalue weighted by Crippen LogP contribution is -2.30. The van der Waals surface area contributed by atoms with Crippen LogP contribution in [0.15, 0.2) is 30.3 Å². The molecular formula is C14H13N3O3. The number of fused-ring (bicyclic) bond motifs is 1. The first-order valence-electron chi connectivity index (χ1n) is 5.95. The molecule has 2 aromatic rings. The number of aromatic nitrogens is 1. The van der Waals surface area contributed by atoms with Crippen LogP contribution in [0, 0.1) is 11.3 Å². The Labute approximate surface area is 115 Å². The highest BCUT2D eigenvalue weighted by Gasteiger charge is 2.16. The first-order valence-corrected chi connectivity index (χ1v) is 5.95. The van der Waals surface area contributed by atoms with Crippen molar-refractivity contribution in [3.8, 4) is 6.07 Å². The van der Waals surface area contributed by atoms with Crippen molar-refractivity contribution in [3.05, 3.63) is 35.9 Å². The molecule has 0 fully saturated rings. The van der Waals surface area contributed by atoms with Crippen molar-refractivity contribution >= 4 is 22.7 Å². The number of rotatable bonds is 5. The molecule has 0 saturated heterocycles. The molecule has 20 heavy (non-hydrogen) atoms. The van der Waals surface area contributed by atoms with Gasteiger partial charge in [-0.3, -0.25) is 0 Å². The van der Waals surface area contributed by atoms with E-state index in [1.54, 1.807) is 12.1 Å². The number of nitrogens with one attached hydrogen (secondary N) is 1. The molecule has 0 radical (unpaired) electrons. The van der Waals surface area contributed by atoms with Crippen molar-refractivity contribution in [1.82, 2.24) is 4.98 Å². The van der Waals surface area contributed by atoms with Gasteiger partial charge in [0, 0.05) is 12.5 Å². The molecule has 0 spiro atoms. The number of methoxy groups -OCH3 is 1. The molecule has 2 rings (SSSR count). The molecule has 2 N–H and O–H groups in total. The second-order valence-corrected chi connectivity index (χ2v) is 4.13. The minimum Gasteiger partial charge on any atom is -0.479 e. The molecule has 1 atom stereocenters. The molecule has 1 aromatic heterocycles. The number of pyridine rings is 1. The molecule has 0 saturated carbocycles. The normalized spacial score (nSPS) is 11.8. The lowest BCUT2D eigenvalue weighted by atomic mass is 10.1. The molecule has 6 nitrogen and oxygen atoms in total. The zero-order chi connectivity index (χ0) is 14.5. The number of carbonyl (C=O) groups is 1. The molecule has 1 aromatic carbocycles. The summed E-state index contributed by atoms with van der Waals surface area (Å²) in [5.41, 5.74) is 1.17. The van der Waals surface area contributed by atoms with E-state index in [1.165, 1.54) is 7.11 Å². The van der Waals surface area contributed by atoms with Crippen LogP contribution in [-0.4, -0.2) is 35.8 Å². The SMILES string of the molecule is COC(CNc1cc(C#N)c2ccccc2n1)C(=O)O. The minimum absolute atomic E-state index is 0.0715. The Morgan fingerprint density at radius 2 is 2.30 bits per heavy atom. The van der Waals surface area contributed by atoms with E-state index in [9.17, 15) is 4.79 Å². The molecule has 0 aliphatic heterocycles. The number of nitriles is 1. The number of ether oxygens (including phenoxy) is 1. The third-order valence-corrected chi connectivity index (χ3v) is 2.87. The van der Waals surface area contributed by atoms with Crippen molar-refractivity contribution in [2.45, 2.75) is 6.10 Å². The number of para-hydroxylation sites is 1. The number of aliphatic carboxylic acids is 1.